The summed E-state index contributed by atoms with van der Waals surface area (Å²) in [6, 6.07) is 9.78. The smallest absolute Gasteiger partial charge is 0.261 e. The summed E-state index contributed by atoms with van der Waals surface area (Å²) in [7, 11) is 0. The highest BCUT2D eigenvalue weighted by Gasteiger charge is 2.15. The van der Waals surface area contributed by atoms with Gasteiger partial charge in [-0.2, -0.15) is 0 Å². The predicted molar refractivity (Wildman–Crippen MR) is 96.6 cm³/mol. The Morgan fingerprint density at radius 2 is 1.93 bits per heavy atom. The Bertz CT molecular complexity index is 1010. The maximum absolute atomic E-state index is 13.4. The number of thiazole rings is 1. The van der Waals surface area contributed by atoms with E-state index in [0.717, 1.165) is 23.5 Å². The summed E-state index contributed by atoms with van der Waals surface area (Å²) in [5.41, 5.74) is 6.02. The van der Waals surface area contributed by atoms with E-state index in [-0.39, 0.29) is 23.1 Å². The van der Waals surface area contributed by atoms with Crippen molar-refractivity contribution in [2.24, 2.45) is 5.73 Å². The highest BCUT2D eigenvalue weighted by atomic mass is 32.1. The first-order valence-corrected chi connectivity index (χ1v) is 8.54. The Hall–Kier alpha value is -3.33. The Kier molecular flexibility index (Phi) is 5.41. The lowest BCUT2D eigenvalue weighted by atomic mass is 10.2. The van der Waals surface area contributed by atoms with Crippen molar-refractivity contribution in [2.45, 2.75) is 0 Å². The van der Waals surface area contributed by atoms with E-state index in [1.165, 1.54) is 18.2 Å². The van der Waals surface area contributed by atoms with Gasteiger partial charge in [-0.15, -0.1) is 11.3 Å². The van der Waals surface area contributed by atoms with Crippen LogP contribution in [-0.4, -0.2) is 23.4 Å². The van der Waals surface area contributed by atoms with E-state index in [4.69, 9.17) is 10.5 Å². The quantitative estimate of drug-likeness (QED) is 0.677. The number of ether oxygens (including phenoxy) is 1. The van der Waals surface area contributed by atoms with Crippen molar-refractivity contribution in [1.82, 2.24) is 4.98 Å². The van der Waals surface area contributed by atoms with Crippen LogP contribution in [0, 0.1) is 11.6 Å². The molecule has 0 bridgehead atoms. The molecule has 2 aromatic carbocycles. The molecule has 0 unspecified atom stereocenters. The Balaban J connectivity index is 1.76. The number of nitrogens with one attached hydrogen (secondary N) is 1. The van der Waals surface area contributed by atoms with Gasteiger partial charge in [0, 0.05) is 10.9 Å². The fraction of sp³-hybridized carbons (Fsp3) is 0.0556. The molecule has 27 heavy (non-hydrogen) atoms. The zero-order valence-electron chi connectivity index (χ0n) is 13.7. The van der Waals surface area contributed by atoms with Crippen LogP contribution in [-0.2, 0) is 4.79 Å². The summed E-state index contributed by atoms with van der Waals surface area (Å²) in [5.74, 6) is -2.89. The van der Waals surface area contributed by atoms with Gasteiger partial charge < -0.3 is 10.5 Å². The van der Waals surface area contributed by atoms with Crippen LogP contribution < -0.4 is 15.8 Å². The molecular weight excluding hydrogens is 376 g/mol. The molecule has 0 atom stereocenters. The minimum Gasteiger partial charge on any atom is -0.483 e. The van der Waals surface area contributed by atoms with Gasteiger partial charge in [0.15, 0.2) is 23.4 Å². The largest absolute Gasteiger partial charge is 0.483 e. The Labute approximate surface area is 156 Å². The lowest BCUT2D eigenvalue weighted by Gasteiger charge is -2.09. The van der Waals surface area contributed by atoms with Crippen LogP contribution in [0.4, 0.5) is 13.9 Å². The minimum atomic E-state index is -0.980. The number of nitrogens with two attached hydrogens (primary N) is 1. The van der Waals surface area contributed by atoms with Crippen molar-refractivity contribution in [3.05, 3.63) is 65.0 Å². The van der Waals surface area contributed by atoms with Gasteiger partial charge in [-0.05, 0) is 30.3 Å². The number of rotatable bonds is 6. The zero-order chi connectivity index (χ0) is 19.4. The van der Waals surface area contributed by atoms with Crippen molar-refractivity contribution in [1.29, 1.82) is 0 Å². The molecule has 1 aromatic heterocycles. The summed E-state index contributed by atoms with van der Waals surface area (Å²) >= 11 is 1.13. The van der Waals surface area contributed by atoms with Gasteiger partial charge in [-0.3, -0.25) is 14.9 Å². The molecule has 9 heteroatoms. The van der Waals surface area contributed by atoms with Crippen molar-refractivity contribution in [3.63, 3.8) is 0 Å². The third-order valence-corrected chi connectivity index (χ3v) is 4.20. The molecule has 0 aliphatic rings. The van der Waals surface area contributed by atoms with E-state index >= 15 is 0 Å². The van der Waals surface area contributed by atoms with Gasteiger partial charge in [0.25, 0.3) is 11.8 Å². The fourth-order valence-electron chi connectivity index (χ4n) is 2.21. The number of hydrogen-bond donors (Lipinski definition) is 2. The average molecular weight is 389 g/mol. The number of primary amides is 1. The lowest BCUT2D eigenvalue weighted by Crippen LogP contribution is -2.21. The molecule has 0 spiro atoms. The van der Waals surface area contributed by atoms with E-state index in [9.17, 15) is 18.4 Å². The molecule has 3 N–H and O–H groups in total. The number of amides is 2. The maximum Gasteiger partial charge on any atom is 0.261 e. The van der Waals surface area contributed by atoms with Gasteiger partial charge in [0.05, 0.1) is 11.3 Å². The number of carbonyl (C=O) groups is 2. The monoisotopic (exact) mass is 389 g/mol. The molecule has 0 fully saturated rings. The highest BCUT2D eigenvalue weighted by Crippen LogP contribution is 2.27. The fourth-order valence-corrected chi connectivity index (χ4v) is 2.93. The first-order chi connectivity index (χ1) is 12.9. The number of nitrogens with zero attached hydrogens (tertiary/aromatic N) is 1. The molecule has 6 nitrogen and oxygen atoms in total. The molecule has 0 aliphatic carbocycles. The molecule has 0 saturated heterocycles. The van der Waals surface area contributed by atoms with Crippen LogP contribution in [0.1, 0.15) is 10.4 Å². The SMILES string of the molecule is NC(=O)COc1ccccc1C(=O)Nc1nc(-c2ccc(F)c(F)c2)cs1. The van der Waals surface area contributed by atoms with E-state index in [2.05, 4.69) is 10.3 Å². The molecule has 0 saturated carbocycles. The van der Waals surface area contributed by atoms with Gasteiger partial charge >= 0.3 is 0 Å². The second-order valence-corrected chi connectivity index (χ2v) is 6.23. The molecule has 3 rings (SSSR count). The van der Waals surface area contributed by atoms with E-state index in [1.807, 2.05) is 0 Å². The van der Waals surface area contributed by atoms with Gasteiger partial charge in [0.1, 0.15) is 5.75 Å². The number of carbonyl (C=O) groups excluding carboxylic acids is 2. The third-order valence-electron chi connectivity index (χ3n) is 3.44. The molecule has 1 heterocycles. The summed E-state index contributed by atoms with van der Waals surface area (Å²) in [4.78, 5) is 27.5. The number of para-hydroxylation sites is 1. The first kappa shape index (κ1) is 18.5. The molecule has 2 amide bonds. The molecule has 138 valence electrons. The van der Waals surface area contributed by atoms with Crippen molar-refractivity contribution < 1.29 is 23.1 Å². The van der Waals surface area contributed by atoms with Crippen molar-refractivity contribution >= 4 is 28.3 Å². The van der Waals surface area contributed by atoms with Gasteiger partial charge in [-0.25, -0.2) is 13.8 Å². The van der Waals surface area contributed by atoms with Crippen LogP contribution in [0.3, 0.4) is 0 Å². The number of anilines is 1. The van der Waals surface area contributed by atoms with Crippen LogP contribution >= 0.6 is 11.3 Å². The van der Waals surface area contributed by atoms with Crippen molar-refractivity contribution in [3.8, 4) is 17.0 Å². The molecular formula is C18H13F2N3O3S. The van der Waals surface area contributed by atoms with Gasteiger partial charge in [-0.1, -0.05) is 12.1 Å². The van der Waals surface area contributed by atoms with Gasteiger partial charge in [0.2, 0.25) is 0 Å². The normalized spacial score (nSPS) is 10.4. The second kappa shape index (κ2) is 7.92. The third kappa shape index (κ3) is 4.45. The lowest BCUT2D eigenvalue weighted by molar-refractivity contribution is -0.119. The van der Waals surface area contributed by atoms with Crippen LogP contribution in [0.2, 0.25) is 0 Å². The second-order valence-electron chi connectivity index (χ2n) is 5.37. The first-order valence-electron chi connectivity index (χ1n) is 7.66. The minimum absolute atomic E-state index is 0.198. The number of halogens is 2. The zero-order valence-corrected chi connectivity index (χ0v) is 14.6. The Morgan fingerprint density at radius 1 is 1.15 bits per heavy atom. The summed E-state index contributed by atoms with van der Waals surface area (Å²) in [5, 5.41) is 4.48. The van der Waals surface area contributed by atoms with Crippen LogP contribution in [0.25, 0.3) is 11.3 Å². The van der Waals surface area contributed by atoms with E-state index < -0.39 is 23.4 Å². The maximum atomic E-state index is 13.4. The molecule has 3 aromatic rings. The highest BCUT2D eigenvalue weighted by molar-refractivity contribution is 7.14. The van der Waals surface area contributed by atoms with Crippen molar-refractivity contribution in [2.75, 3.05) is 11.9 Å². The summed E-state index contributed by atoms with van der Waals surface area (Å²) in [6.07, 6.45) is 0. The van der Waals surface area contributed by atoms with E-state index in [0.29, 0.717) is 11.3 Å². The number of aromatic nitrogens is 1. The standard InChI is InChI=1S/C18H13F2N3O3S/c19-12-6-5-10(7-13(12)20)14-9-27-18(22-14)23-17(25)11-3-1-2-4-15(11)26-8-16(21)24/h1-7,9H,8H2,(H2,21,24)(H,22,23,25). The molecule has 0 radical (unpaired) electrons. The van der Waals surface area contributed by atoms with Crippen LogP contribution in [0.5, 0.6) is 5.75 Å². The average Bonchev–Trinajstić information content (AvgIpc) is 3.11. The predicted octanol–water partition coefficient (Wildman–Crippen LogP) is 3.20. The number of hydrogen-bond acceptors (Lipinski definition) is 5. The summed E-state index contributed by atoms with van der Waals surface area (Å²) < 4.78 is 31.6. The Morgan fingerprint density at radius 3 is 2.67 bits per heavy atom. The summed E-state index contributed by atoms with van der Waals surface area (Å²) in [6.45, 7) is -0.359. The topological polar surface area (TPSA) is 94.3 Å². The van der Waals surface area contributed by atoms with Crippen LogP contribution in [0.15, 0.2) is 47.8 Å². The number of benzene rings is 2. The molecule has 0 aliphatic heterocycles. The van der Waals surface area contributed by atoms with E-state index in [1.54, 1.807) is 17.5 Å².